The lowest BCUT2D eigenvalue weighted by Crippen LogP contribution is -2.47. The predicted octanol–water partition coefficient (Wildman–Crippen LogP) is 0.653. The van der Waals surface area contributed by atoms with Gasteiger partial charge in [0.05, 0.1) is 13.0 Å². The summed E-state index contributed by atoms with van der Waals surface area (Å²) in [5.74, 6) is -1.05. The molecular formula is C13H25N3O4. The number of carboxylic acids is 1. The number of carbonyl (C=O) groups excluding carboxylic acids is 2. The van der Waals surface area contributed by atoms with Crippen LogP contribution in [-0.2, 0) is 9.59 Å². The van der Waals surface area contributed by atoms with Crippen molar-refractivity contribution in [1.29, 1.82) is 0 Å². The Bertz CT molecular complexity index is 345. The summed E-state index contributed by atoms with van der Waals surface area (Å²) < 4.78 is 0. The SMILES string of the molecule is CCN(CC(=O)NC(=O)NCC(C)C)C(C)CC(=O)O. The van der Waals surface area contributed by atoms with Crippen molar-refractivity contribution in [3.8, 4) is 0 Å². The van der Waals surface area contributed by atoms with Gasteiger partial charge in [0.1, 0.15) is 0 Å². The number of rotatable bonds is 8. The monoisotopic (exact) mass is 287 g/mol. The van der Waals surface area contributed by atoms with Crippen molar-refractivity contribution in [2.24, 2.45) is 5.92 Å². The maximum absolute atomic E-state index is 11.7. The third-order valence-electron chi connectivity index (χ3n) is 2.77. The van der Waals surface area contributed by atoms with E-state index < -0.39 is 17.9 Å². The van der Waals surface area contributed by atoms with Crippen LogP contribution in [-0.4, -0.2) is 53.6 Å². The van der Waals surface area contributed by atoms with Crippen molar-refractivity contribution in [2.45, 2.75) is 40.2 Å². The lowest BCUT2D eigenvalue weighted by Gasteiger charge is -2.25. The van der Waals surface area contributed by atoms with E-state index in [2.05, 4.69) is 10.6 Å². The quantitative estimate of drug-likeness (QED) is 0.609. The van der Waals surface area contributed by atoms with Gasteiger partial charge >= 0.3 is 12.0 Å². The maximum atomic E-state index is 11.7. The summed E-state index contributed by atoms with van der Waals surface area (Å²) in [5.41, 5.74) is 0. The highest BCUT2D eigenvalue weighted by Crippen LogP contribution is 2.03. The average molecular weight is 287 g/mol. The summed E-state index contributed by atoms with van der Waals surface area (Å²) in [7, 11) is 0. The van der Waals surface area contributed by atoms with E-state index in [1.807, 2.05) is 20.8 Å². The normalized spacial score (nSPS) is 12.3. The standard InChI is InChI=1S/C13H25N3O4/c1-5-16(10(4)6-12(18)19)8-11(17)15-13(20)14-7-9(2)3/h9-10H,5-8H2,1-4H3,(H,18,19)(H2,14,15,17,20). The second-order valence-electron chi connectivity index (χ2n) is 5.16. The van der Waals surface area contributed by atoms with E-state index in [9.17, 15) is 14.4 Å². The molecule has 116 valence electrons. The number of likely N-dealkylation sites (N-methyl/N-ethyl adjacent to an activating group) is 1. The maximum Gasteiger partial charge on any atom is 0.321 e. The Balaban J connectivity index is 4.21. The van der Waals surface area contributed by atoms with Gasteiger partial charge in [-0.1, -0.05) is 20.8 Å². The number of nitrogens with zero attached hydrogens (tertiary/aromatic N) is 1. The van der Waals surface area contributed by atoms with Crippen molar-refractivity contribution in [2.75, 3.05) is 19.6 Å². The predicted molar refractivity (Wildman–Crippen MR) is 75.3 cm³/mol. The summed E-state index contributed by atoms with van der Waals surface area (Å²) in [4.78, 5) is 35.5. The Labute approximate surface area is 119 Å². The minimum atomic E-state index is -0.911. The van der Waals surface area contributed by atoms with Crippen LogP contribution in [0.25, 0.3) is 0 Å². The largest absolute Gasteiger partial charge is 0.481 e. The first-order valence-corrected chi connectivity index (χ1v) is 6.79. The second kappa shape index (κ2) is 9.30. The second-order valence-corrected chi connectivity index (χ2v) is 5.16. The molecule has 20 heavy (non-hydrogen) atoms. The summed E-state index contributed by atoms with van der Waals surface area (Å²) in [5, 5.41) is 13.6. The molecule has 0 rings (SSSR count). The van der Waals surface area contributed by atoms with Gasteiger partial charge < -0.3 is 10.4 Å². The number of nitrogens with one attached hydrogen (secondary N) is 2. The number of carbonyl (C=O) groups is 3. The van der Waals surface area contributed by atoms with Crippen LogP contribution >= 0.6 is 0 Å². The molecule has 3 N–H and O–H groups in total. The Morgan fingerprint density at radius 1 is 1.20 bits per heavy atom. The lowest BCUT2D eigenvalue weighted by atomic mass is 10.2. The Morgan fingerprint density at radius 3 is 2.25 bits per heavy atom. The third-order valence-corrected chi connectivity index (χ3v) is 2.77. The van der Waals surface area contributed by atoms with Crippen molar-refractivity contribution < 1.29 is 19.5 Å². The third kappa shape index (κ3) is 8.47. The number of hydrogen-bond acceptors (Lipinski definition) is 4. The van der Waals surface area contributed by atoms with E-state index >= 15 is 0 Å². The van der Waals surface area contributed by atoms with Gasteiger partial charge in [-0.2, -0.15) is 0 Å². The van der Waals surface area contributed by atoms with E-state index in [1.165, 1.54) is 0 Å². The molecule has 0 aromatic rings. The zero-order valence-electron chi connectivity index (χ0n) is 12.6. The van der Waals surface area contributed by atoms with Crippen LogP contribution < -0.4 is 10.6 Å². The molecule has 7 heteroatoms. The molecule has 1 atom stereocenters. The topological polar surface area (TPSA) is 98.7 Å². The fraction of sp³-hybridized carbons (Fsp3) is 0.769. The highest BCUT2D eigenvalue weighted by Gasteiger charge is 2.19. The molecule has 1 unspecified atom stereocenters. The van der Waals surface area contributed by atoms with Crippen LogP contribution in [0.4, 0.5) is 4.79 Å². The first kappa shape index (κ1) is 18.4. The highest BCUT2D eigenvalue weighted by molar-refractivity contribution is 5.95. The Hall–Kier alpha value is -1.63. The van der Waals surface area contributed by atoms with Crippen LogP contribution in [0.2, 0.25) is 0 Å². The van der Waals surface area contributed by atoms with Gasteiger partial charge in [-0.25, -0.2) is 4.79 Å². The first-order chi connectivity index (χ1) is 9.26. The van der Waals surface area contributed by atoms with Crippen molar-refractivity contribution >= 4 is 17.9 Å². The molecule has 0 aliphatic carbocycles. The van der Waals surface area contributed by atoms with Crippen LogP contribution in [0.3, 0.4) is 0 Å². The van der Waals surface area contributed by atoms with E-state index in [1.54, 1.807) is 11.8 Å². The number of urea groups is 1. The summed E-state index contributed by atoms with van der Waals surface area (Å²) in [6.45, 7) is 8.51. The molecule has 0 saturated carbocycles. The number of hydrogen-bond donors (Lipinski definition) is 3. The van der Waals surface area contributed by atoms with E-state index in [4.69, 9.17) is 5.11 Å². The molecule has 0 aromatic heterocycles. The number of amides is 3. The first-order valence-electron chi connectivity index (χ1n) is 6.79. The molecule has 0 spiro atoms. The molecule has 0 fully saturated rings. The highest BCUT2D eigenvalue weighted by atomic mass is 16.4. The van der Waals surface area contributed by atoms with Crippen LogP contribution in [0.5, 0.6) is 0 Å². The van der Waals surface area contributed by atoms with Gasteiger partial charge in [0, 0.05) is 12.6 Å². The number of imide groups is 1. The molecule has 0 aromatic carbocycles. The summed E-state index contributed by atoms with van der Waals surface area (Å²) in [6, 6.07) is -0.785. The van der Waals surface area contributed by atoms with Crippen molar-refractivity contribution in [3.63, 3.8) is 0 Å². The minimum absolute atomic E-state index is 0.0000449. The number of aliphatic carboxylic acids is 1. The van der Waals surface area contributed by atoms with Crippen molar-refractivity contribution in [1.82, 2.24) is 15.5 Å². The molecule has 0 saturated heterocycles. The average Bonchev–Trinajstić information content (AvgIpc) is 2.32. The molecule has 0 aliphatic rings. The molecule has 0 heterocycles. The summed E-state index contributed by atoms with van der Waals surface area (Å²) in [6.07, 6.45) is -0.0410. The van der Waals surface area contributed by atoms with Crippen LogP contribution in [0, 0.1) is 5.92 Å². The summed E-state index contributed by atoms with van der Waals surface area (Å²) >= 11 is 0. The van der Waals surface area contributed by atoms with Gasteiger partial charge in [0.15, 0.2) is 0 Å². The molecule has 0 radical (unpaired) electrons. The minimum Gasteiger partial charge on any atom is -0.481 e. The smallest absolute Gasteiger partial charge is 0.321 e. The van der Waals surface area contributed by atoms with Crippen LogP contribution in [0.1, 0.15) is 34.1 Å². The zero-order chi connectivity index (χ0) is 15.7. The van der Waals surface area contributed by atoms with Gasteiger partial charge in [-0.3, -0.25) is 19.8 Å². The molecular weight excluding hydrogens is 262 g/mol. The Kier molecular flexibility index (Phi) is 8.54. The van der Waals surface area contributed by atoms with Crippen LogP contribution in [0.15, 0.2) is 0 Å². The zero-order valence-corrected chi connectivity index (χ0v) is 12.6. The fourth-order valence-corrected chi connectivity index (χ4v) is 1.65. The molecule has 7 nitrogen and oxygen atoms in total. The fourth-order valence-electron chi connectivity index (χ4n) is 1.65. The van der Waals surface area contributed by atoms with Gasteiger partial charge in [-0.05, 0) is 19.4 Å². The molecule has 0 aliphatic heterocycles. The van der Waals surface area contributed by atoms with E-state index in [-0.39, 0.29) is 19.0 Å². The molecule has 3 amide bonds. The van der Waals surface area contributed by atoms with Gasteiger partial charge in [0.2, 0.25) is 5.91 Å². The molecule has 0 bridgehead atoms. The van der Waals surface area contributed by atoms with Gasteiger partial charge in [-0.15, -0.1) is 0 Å². The van der Waals surface area contributed by atoms with E-state index in [0.717, 1.165) is 0 Å². The lowest BCUT2D eigenvalue weighted by molar-refractivity contribution is -0.138. The van der Waals surface area contributed by atoms with Crippen molar-refractivity contribution in [3.05, 3.63) is 0 Å². The van der Waals surface area contributed by atoms with Gasteiger partial charge in [0.25, 0.3) is 0 Å². The number of carboxylic acid groups (broad SMARTS) is 1. The Morgan fingerprint density at radius 2 is 1.80 bits per heavy atom. The van der Waals surface area contributed by atoms with E-state index in [0.29, 0.717) is 19.0 Å².